The molecule has 0 heterocycles. The molecule has 10 nitrogen and oxygen atoms in total. The fourth-order valence-electron chi connectivity index (χ4n) is 2.36. The summed E-state index contributed by atoms with van der Waals surface area (Å²) in [7, 11) is 5.33. The van der Waals surface area contributed by atoms with Crippen LogP contribution in [0.3, 0.4) is 0 Å². The minimum absolute atomic E-state index is 0. The van der Waals surface area contributed by atoms with Gasteiger partial charge >= 0.3 is 0 Å². The molecule has 2 amide bonds. The third-order valence-corrected chi connectivity index (χ3v) is 4.39. The van der Waals surface area contributed by atoms with Crippen molar-refractivity contribution in [3.8, 4) is 12.3 Å². The summed E-state index contributed by atoms with van der Waals surface area (Å²) < 4.78 is 4.75. The Hall–Kier alpha value is -3.87. The Labute approximate surface area is 236 Å². The number of methoxy groups -OCH3 is 1. The predicted octanol–water partition coefficient (Wildman–Crippen LogP) is 1.98. The summed E-state index contributed by atoms with van der Waals surface area (Å²) in [4.78, 5) is 52.4. The van der Waals surface area contributed by atoms with Crippen molar-refractivity contribution in [3.05, 3.63) is 12.2 Å². The monoisotopic (exact) mass is 810 g/mol. The number of nitrogens with one attached hydrogen (secondary N) is 4. The van der Waals surface area contributed by atoms with Gasteiger partial charge in [-0.25, -0.2) is 0 Å². The van der Waals surface area contributed by atoms with Crippen molar-refractivity contribution in [3.63, 3.8) is 0 Å². The van der Waals surface area contributed by atoms with Crippen LogP contribution in [0.15, 0.2) is 12.2 Å². The SMILES string of the molecule is C#CC.CC(C)CC(N[C-]=O)C(=O)NC(C)(C)C=O.CNC(C=O)CC(C)C.CNCCC=O.COC1C=C1.[Fm]. The van der Waals surface area contributed by atoms with E-state index in [0.29, 0.717) is 31.1 Å². The van der Waals surface area contributed by atoms with Crippen molar-refractivity contribution in [2.45, 2.75) is 91.5 Å². The molecule has 238 valence electrons. The van der Waals surface area contributed by atoms with Crippen LogP contribution in [-0.2, 0) is 28.7 Å². The van der Waals surface area contributed by atoms with Crippen molar-refractivity contribution < 1.29 is 28.7 Å². The molecular formula is C29H53FmN4O6-. The van der Waals surface area contributed by atoms with Crippen LogP contribution in [0.4, 0.5) is 0 Å². The van der Waals surface area contributed by atoms with Gasteiger partial charge in [-0.2, -0.15) is 6.41 Å². The average Bonchev–Trinajstić information content (AvgIpc) is 3.72. The number of aldehydes is 3. The van der Waals surface area contributed by atoms with Crippen LogP contribution in [-0.4, -0.2) is 82.7 Å². The molecule has 0 radical (unpaired) electrons. The van der Waals surface area contributed by atoms with Gasteiger partial charge in [-0.1, -0.05) is 39.8 Å². The van der Waals surface area contributed by atoms with Gasteiger partial charge in [0.2, 0.25) is 5.91 Å². The van der Waals surface area contributed by atoms with Crippen molar-refractivity contribution in [2.24, 2.45) is 11.8 Å². The van der Waals surface area contributed by atoms with Crippen LogP contribution in [0.1, 0.15) is 67.7 Å². The molecule has 1 aliphatic rings. The summed E-state index contributed by atoms with van der Waals surface area (Å²) in [6.07, 6.45) is 15.1. The minimum atomic E-state index is -0.920. The molecule has 0 saturated heterocycles. The number of hydrogen-bond acceptors (Lipinski definition) is 8. The summed E-state index contributed by atoms with van der Waals surface area (Å²) in [6.45, 7) is 13.7. The zero-order valence-electron chi connectivity index (χ0n) is 25.9. The van der Waals surface area contributed by atoms with E-state index in [2.05, 4.69) is 47.5 Å². The van der Waals surface area contributed by atoms with Gasteiger partial charge in [0.25, 0.3) is 0 Å². The average molecular weight is 811 g/mol. The maximum absolute atomic E-state index is 11.7. The van der Waals surface area contributed by atoms with Crippen LogP contribution >= 0.6 is 0 Å². The largest absolute Gasteiger partial charge is 0.520 e. The van der Waals surface area contributed by atoms with E-state index in [-0.39, 0.29) is 17.9 Å². The maximum atomic E-state index is 11.7. The van der Waals surface area contributed by atoms with Gasteiger partial charge < -0.3 is 45.2 Å². The van der Waals surface area contributed by atoms with Gasteiger partial charge in [0.15, 0.2) is 0 Å². The third kappa shape index (κ3) is 38.7. The Kier molecular flexibility index (Phi) is 36.1. The molecule has 0 aromatic carbocycles. The van der Waals surface area contributed by atoms with E-state index in [1.165, 1.54) is 6.41 Å². The summed E-state index contributed by atoms with van der Waals surface area (Å²) in [5.74, 6) is 2.73. The first-order chi connectivity index (χ1) is 18.3. The van der Waals surface area contributed by atoms with Crippen molar-refractivity contribution in [1.82, 2.24) is 21.3 Å². The van der Waals surface area contributed by atoms with E-state index >= 15 is 0 Å². The number of likely N-dealkylation sites (N-methyl/N-ethyl adjacent to an activating group) is 1. The Balaban J connectivity index is -0.000000143. The fourth-order valence-corrected chi connectivity index (χ4v) is 2.36. The quantitative estimate of drug-likeness (QED) is 0.0492. The molecule has 2 unspecified atom stereocenters. The number of ether oxygens (including phenoxy) is 1. The first-order valence-electron chi connectivity index (χ1n) is 13.0. The number of terminal acetylenes is 1. The molecule has 40 heavy (non-hydrogen) atoms. The third-order valence-electron chi connectivity index (χ3n) is 4.39. The second-order valence-electron chi connectivity index (χ2n) is 9.85. The van der Waals surface area contributed by atoms with Crippen molar-refractivity contribution in [1.29, 1.82) is 0 Å². The van der Waals surface area contributed by atoms with Crippen LogP contribution in [0.5, 0.6) is 0 Å². The molecule has 0 fully saturated rings. The molecule has 0 aliphatic heterocycles. The molecule has 2 atom stereocenters. The molecular weight excluding hydrogens is 757 g/mol. The predicted molar refractivity (Wildman–Crippen MR) is 158 cm³/mol. The van der Waals surface area contributed by atoms with Gasteiger partial charge in [-0.3, -0.25) is 4.79 Å². The molecule has 0 saturated carbocycles. The summed E-state index contributed by atoms with van der Waals surface area (Å²) in [5.41, 5.74) is -0.920. The normalized spacial score (nSPS) is 12.3. The second kappa shape index (κ2) is 31.3. The zero-order chi connectivity index (χ0) is 31.3. The van der Waals surface area contributed by atoms with Gasteiger partial charge in [0, 0.05) is 20.1 Å². The van der Waals surface area contributed by atoms with Gasteiger partial charge in [0.05, 0.1) is 23.7 Å². The maximum Gasteiger partial charge on any atom is 0.240 e. The van der Waals surface area contributed by atoms with Crippen molar-refractivity contribution >= 4 is 31.2 Å². The number of amides is 2. The second-order valence-corrected chi connectivity index (χ2v) is 9.85. The number of carbonyl (C=O) groups is 4. The zero-order valence-corrected chi connectivity index (χ0v) is 28.3. The first kappa shape index (κ1) is 46.0. The summed E-state index contributed by atoms with van der Waals surface area (Å²) >= 11 is 0. The standard InChI is InChI=1S/C11H19N2O3.C7H15NO.C4H9NO.C4H6O.C3H4.Fm/c1-8(2)5-9(12-7-15)10(16)13-11(3,4)6-14;1-6(2)4-7(5-9)8-3;1-5-3-2-4-6;1-5-4-2-3-4;1-3-2;/h6,8-9H,5H2,1-4H3,(H,12,15)(H,13,16);5-8H,4H2,1-3H3;4-5H,2-3H2,1H3;2-4H,1H3;1H,2H3;/q-1;;;;;. The van der Waals surface area contributed by atoms with Crippen LogP contribution in [0.2, 0.25) is 0 Å². The molecule has 0 spiro atoms. The Bertz CT molecular complexity index is 703. The summed E-state index contributed by atoms with van der Waals surface area (Å²) in [6, 6.07) is -0.596. The molecule has 11 heteroatoms. The van der Waals surface area contributed by atoms with Gasteiger partial charge in [-0.05, 0) is 59.5 Å². The Morgan fingerprint density at radius 1 is 1.10 bits per heavy atom. The van der Waals surface area contributed by atoms with E-state index in [1.54, 1.807) is 34.9 Å². The van der Waals surface area contributed by atoms with Crippen LogP contribution < -0.4 is 21.3 Å². The van der Waals surface area contributed by atoms with Gasteiger partial charge in [0.1, 0.15) is 18.9 Å². The molecule has 0 aromatic rings. The number of carbonyl (C=O) groups excluding carboxylic acids is 5. The van der Waals surface area contributed by atoms with Crippen LogP contribution in [0, 0.1) is 24.2 Å². The number of hydrogen-bond donors (Lipinski definition) is 4. The molecule has 4 N–H and O–H groups in total. The molecule has 1 aliphatic carbocycles. The molecule has 0 bridgehead atoms. The Morgan fingerprint density at radius 2 is 1.60 bits per heavy atom. The first-order valence-corrected chi connectivity index (χ1v) is 13.0. The van der Waals surface area contributed by atoms with Crippen molar-refractivity contribution in [2.75, 3.05) is 27.7 Å². The summed E-state index contributed by atoms with van der Waals surface area (Å²) in [5, 5.41) is 10.6. The van der Waals surface area contributed by atoms with E-state index in [0.717, 1.165) is 25.5 Å². The molecule has 1 rings (SSSR count). The van der Waals surface area contributed by atoms with E-state index < -0.39 is 11.6 Å². The van der Waals surface area contributed by atoms with E-state index in [4.69, 9.17) is 4.74 Å². The number of rotatable bonds is 15. The minimum Gasteiger partial charge on any atom is -0.520 e. The van der Waals surface area contributed by atoms with E-state index in [9.17, 15) is 24.0 Å². The fraction of sp³-hybridized carbons (Fsp3) is 0.690. The van der Waals surface area contributed by atoms with Crippen LogP contribution in [0.25, 0.3) is 0 Å². The smallest absolute Gasteiger partial charge is 0.240 e. The van der Waals surface area contributed by atoms with E-state index in [1.807, 2.05) is 33.0 Å². The molecule has 0 aromatic heterocycles. The topological polar surface area (TPSA) is 143 Å². The Morgan fingerprint density at radius 3 is 1.80 bits per heavy atom. The van der Waals surface area contributed by atoms with Gasteiger partial charge in [-0.15, -0.1) is 12.3 Å².